The Morgan fingerprint density at radius 2 is 1.87 bits per heavy atom. The third-order valence-corrected chi connectivity index (χ3v) is 6.93. The minimum atomic E-state index is -0.845. The van der Waals surface area contributed by atoms with Crippen molar-refractivity contribution in [1.29, 1.82) is 0 Å². The molecule has 198 valence electrons. The van der Waals surface area contributed by atoms with E-state index in [0.717, 1.165) is 11.3 Å². The number of ether oxygens (including phenoxy) is 4. The quantitative estimate of drug-likeness (QED) is 0.243. The van der Waals surface area contributed by atoms with Crippen molar-refractivity contribution in [3.8, 4) is 17.2 Å². The van der Waals surface area contributed by atoms with Crippen molar-refractivity contribution in [2.24, 2.45) is 4.99 Å². The van der Waals surface area contributed by atoms with Crippen molar-refractivity contribution < 1.29 is 28.7 Å². The number of nitrogens with zero attached hydrogens (tertiary/aromatic N) is 3. The number of fused-ring (bicyclic) bond motifs is 1. The van der Waals surface area contributed by atoms with Crippen molar-refractivity contribution in [1.82, 2.24) is 4.57 Å². The third kappa shape index (κ3) is 4.77. The van der Waals surface area contributed by atoms with Crippen molar-refractivity contribution >= 4 is 29.1 Å². The van der Waals surface area contributed by atoms with Gasteiger partial charge in [-0.15, -0.1) is 0 Å². The molecule has 0 aliphatic carbocycles. The largest absolute Gasteiger partial charge is 0.497 e. The highest BCUT2D eigenvalue weighted by Crippen LogP contribution is 2.35. The van der Waals surface area contributed by atoms with Gasteiger partial charge in [-0.05, 0) is 43.7 Å². The summed E-state index contributed by atoms with van der Waals surface area (Å²) >= 11 is 1.06. The number of benzene rings is 2. The van der Waals surface area contributed by atoms with Gasteiger partial charge in [0.15, 0.2) is 16.3 Å². The number of methoxy groups -OCH3 is 3. The number of carbonyl (C=O) groups is 1. The van der Waals surface area contributed by atoms with E-state index < -0.39 is 22.5 Å². The van der Waals surface area contributed by atoms with Gasteiger partial charge in [-0.25, -0.2) is 9.79 Å². The maximum Gasteiger partial charge on any atom is 0.338 e. The second kappa shape index (κ2) is 10.9. The Morgan fingerprint density at radius 1 is 1.16 bits per heavy atom. The Morgan fingerprint density at radius 3 is 2.50 bits per heavy atom. The molecule has 2 heterocycles. The van der Waals surface area contributed by atoms with E-state index in [1.54, 1.807) is 38.1 Å². The monoisotopic (exact) mass is 539 g/mol. The molecular weight excluding hydrogens is 514 g/mol. The summed E-state index contributed by atoms with van der Waals surface area (Å²) in [7, 11) is 4.31. The van der Waals surface area contributed by atoms with E-state index in [1.807, 2.05) is 0 Å². The SMILES string of the molecule is CCOC(=O)C1=C(C)N=c2s/c(=C\c3cc(OC)c(OC)cc3[N+](=O)[O-])c(=O)n2[C@H]1c1cccc(OC)c1. The van der Waals surface area contributed by atoms with Crippen LogP contribution >= 0.6 is 11.3 Å². The lowest BCUT2D eigenvalue weighted by Crippen LogP contribution is -2.39. The molecule has 0 N–H and O–H groups in total. The predicted octanol–water partition coefficient (Wildman–Crippen LogP) is 2.73. The maximum atomic E-state index is 13.8. The minimum Gasteiger partial charge on any atom is -0.497 e. The third-order valence-electron chi connectivity index (χ3n) is 5.94. The number of thiazole rings is 1. The lowest BCUT2D eigenvalue weighted by molar-refractivity contribution is -0.385. The van der Waals surface area contributed by atoms with E-state index >= 15 is 0 Å². The molecule has 0 radical (unpaired) electrons. The van der Waals surface area contributed by atoms with E-state index in [1.165, 1.54) is 44.1 Å². The lowest BCUT2D eigenvalue weighted by atomic mass is 9.95. The van der Waals surface area contributed by atoms with E-state index in [9.17, 15) is 19.7 Å². The highest BCUT2D eigenvalue weighted by Gasteiger charge is 2.33. The summed E-state index contributed by atoms with van der Waals surface area (Å²) in [6.07, 6.45) is 1.41. The zero-order valence-electron chi connectivity index (χ0n) is 21.3. The van der Waals surface area contributed by atoms with E-state index in [4.69, 9.17) is 18.9 Å². The fraction of sp³-hybridized carbons (Fsp3) is 0.269. The summed E-state index contributed by atoms with van der Waals surface area (Å²) in [4.78, 5) is 42.9. The van der Waals surface area contributed by atoms with Crippen LogP contribution in [0.2, 0.25) is 0 Å². The van der Waals surface area contributed by atoms with Crippen molar-refractivity contribution in [3.63, 3.8) is 0 Å². The van der Waals surface area contributed by atoms with Gasteiger partial charge < -0.3 is 18.9 Å². The maximum absolute atomic E-state index is 13.8. The molecule has 1 aromatic heterocycles. The molecule has 1 aliphatic rings. The Hall–Kier alpha value is -4.45. The summed E-state index contributed by atoms with van der Waals surface area (Å²) in [5.74, 6) is 0.409. The molecule has 0 amide bonds. The van der Waals surface area contributed by atoms with Gasteiger partial charge in [-0.1, -0.05) is 23.5 Å². The molecular formula is C26H25N3O8S. The summed E-state index contributed by atoms with van der Waals surface area (Å²) in [6.45, 7) is 3.52. The number of hydrogen-bond acceptors (Lipinski definition) is 10. The van der Waals surface area contributed by atoms with Crippen LogP contribution in [0.4, 0.5) is 5.69 Å². The first kappa shape index (κ1) is 26.6. The van der Waals surface area contributed by atoms with Gasteiger partial charge in [0.05, 0.1) is 66.3 Å². The standard InChI is InChI=1S/C26H25N3O8S/c1-6-37-25(31)22-14(2)27-26-28(23(22)15-8-7-9-17(10-15)34-3)24(30)21(38-26)12-16-11-19(35-4)20(36-5)13-18(16)29(32)33/h7-13,23H,6H2,1-5H3/b21-12-/t23-/m0/s1. The van der Waals surface area contributed by atoms with Crippen LogP contribution in [-0.4, -0.2) is 43.4 Å². The van der Waals surface area contributed by atoms with Crippen LogP contribution in [0.1, 0.15) is 31.0 Å². The molecule has 1 atom stereocenters. The minimum absolute atomic E-state index is 0.147. The summed E-state index contributed by atoms with van der Waals surface area (Å²) in [5.41, 5.74) is 0.655. The number of nitro benzene ring substituents is 1. The average molecular weight is 540 g/mol. The van der Waals surface area contributed by atoms with Gasteiger partial charge in [0.1, 0.15) is 5.75 Å². The van der Waals surface area contributed by atoms with Crippen LogP contribution in [0.5, 0.6) is 17.2 Å². The molecule has 0 saturated heterocycles. The highest BCUT2D eigenvalue weighted by molar-refractivity contribution is 7.07. The molecule has 1 aliphatic heterocycles. The molecule has 0 bridgehead atoms. The number of hydrogen-bond donors (Lipinski definition) is 0. The van der Waals surface area contributed by atoms with Gasteiger partial charge in [0, 0.05) is 0 Å². The van der Waals surface area contributed by atoms with Crippen molar-refractivity contribution in [3.05, 3.63) is 88.6 Å². The number of esters is 1. The smallest absolute Gasteiger partial charge is 0.338 e. The second-order valence-corrected chi connectivity index (χ2v) is 9.11. The van der Waals surface area contributed by atoms with Gasteiger partial charge in [-0.2, -0.15) is 0 Å². The predicted molar refractivity (Wildman–Crippen MR) is 140 cm³/mol. The van der Waals surface area contributed by atoms with Crippen LogP contribution < -0.4 is 29.1 Å². The number of allylic oxidation sites excluding steroid dienone is 1. The van der Waals surface area contributed by atoms with Crippen molar-refractivity contribution in [2.45, 2.75) is 19.9 Å². The van der Waals surface area contributed by atoms with Gasteiger partial charge in [0.25, 0.3) is 11.2 Å². The van der Waals surface area contributed by atoms with Crippen molar-refractivity contribution in [2.75, 3.05) is 27.9 Å². The molecule has 0 saturated carbocycles. The normalized spacial score (nSPS) is 15.0. The zero-order valence-corrected chi connectivity index (χ0v) is 22.2. The van der Waals surface area contributed by atoms with Gasteiger partial charge >= 0.3 is 5.97 Å². The lowest BCUT2D eigenvalue weighted by Gasteiger charge is -2.25. The Labute approximate surface area is 221 Å². The van der Waals surface area contributed by atoms with Crippen LogP contribution in [0.3, 0.4) is 0 Å². The summed E-state index contributed by atoms with van der Waals surface area (Å²) in [6, 6.07) is 8.86. The first-order chi connectivity index (χ1) is 18.2. The van der Waals surface area contributed by atoms with Gasteiger partial charge in [0.2, 0.25) is 0 Å². The zero-order chi connectivity index (χ0) is 27.6. The van der Waals surface area contributed by atoms with Crippen LogP contribution in [0.25, 0.3) is 6.08 Å². The number of aromatic nitrogens is 1. The molecule has 4 rings (SSSR count). The van der Waals surface area contributed by atoms with Crippen LogP contribution in [-0.2, 0) is 9.53 Å². The topological polar surface area (TPSA) is 131 Å². The van der Waals surface area contributed by atoms with Gasteiger partial charge in [-0.3, -0.25) is 19.5 Å². The Balaban J connectivity index is 2.00. The Kier molecular flexibility index (Phi) is 7.62. The molecule has 12 heteroatoms. The highest BCUT2D eigenvalue weighted by atomic mass is 32.1. The number of carbonyl (C=O) groups excluding carboxylic acids is 1. The molecule has 0 fully saturated rings. The second-order valence-electron chi connectivity index (χ2n) is 8.10. The molecule has 38 heavy (non-hydrogen) atoms. The number of rotatable bonds is 8. The first-order valence-electron chi connectivity index (χ1n) is 11.5. The molecule has 11 nitrogen and oxygen atoms in total. The van der Waals surface area contributed by atoms with E-state index in [0.29, 0.717) is 21.8 Å². The summed E-state index contributed by atoms with van der Waals surface area (Å²) in [5, 5.41) is 11.8. The Bertz CT molecular complexity index is 1640. The average Bonchev–Trinajstić information content (AvgIpc) is 3.21. The fourth-order valence-corrected chi connectivity index (χ4v) is 5.25. The molecule has 0 spiro atoms. The van der Waals surface area contributed by atoms with Crippen LogP contribution in [0.15, 0.2) is 57.5 Å². The fourth-order valence-electron chi connectivity index (χ4n) is 4.22. The molecule has 2 aromatic carbocycles. The summed E-state index contributed by atoms with van der Waals surface area (Å²) < 4.78 is 22.7. The van der Waals surface area contributed by atoms with Crippen LogP contribution in [0, 0.1) is 10.1 Å². The molecule has 3 aromatic rings. The first-order valence-corrected chi connectivity index (χ1v) is 12.3. The van der Waals surface area contributed by atoms with E-state index in [2.05, 4.69) is 4.99 Å². The molecule has 0 unspecified atom stereocenters. The number of nitro groups is 1. The van der Waals surface area contributed by atoms with E-state index in [-0.39, 0.29) is 39.5 Å².